The van der Waals surface area contributed by atoms with Crippen molar-refractivity contribution < 1.29 is 14.3 Å². The minimum Gasteiger partial charge on any atom is -0.507 e. The Labute approximate surface area is 230 Å². The summed E-state index contributed by atoms with van der Waals surface area (Å²) < 4.78 is 13.2. The molecule has 14 heteroatoms. The molecule has 0 unspecified atom stereocenters. The lowest BCUT2D eigenvalue weighted by Crippen LogP contribution is -2.54. The first-order chi connectivity index (χ1) is 19.1. The summed E-state index contributed by atoms with van der Waals surface area (Å²) in [4.78, 5) is 30.4. The van der Waals surface area contributed by atoms with Crippen LogP contribution in [0.4, 0.5) is 33.6 Å². The van der Waals surface area contributed by atoms with Gasteiger partial charge in [-0.15, -0.1) is 0 Å². The number of hydrogen-bond donors (Lipinski definition) is 7. The average molecular weight is 552 g/mol. The largest absolute Gasteiger partial charge is 0.507 e. The molecular formula is C26H34FN11O2. The van der Waals surface area contributed by atoms with Crippen LogP contribution in [0.15, 0.2) is 42.5 Å². The second kappa shape index (κ2) is 11.6. The van der Waals surface area contributed by atoms with Crippen LogP contribution in [-0.4, -0.2) is 76.3 Å². The maximum Gasteiger partial charge on any atom is 0.259 e. The van der Waals surface area contributed by atoms with Crippen molar-refractivity contribution in [2.24, 2.45) is 22.9 Å². The normalized spacial score (nSPS) is 23.1. The maximum absolute atomic E-state index is 13.2. The summed E-state index contributed by atoms with van der Waals surface area (Å²) in [6.45, 7) is 2.14. The number of aromatic hydroxyl groups is 1. The van der Waals surface area contributed by atoms with Crippen molar-refractivity contribution in [1.29, 1.82) is 0 Å². The standard InChI is InChI=1S/C26H34FN11O2/c27-14-1-3-19(4-2-14)32-23(40)21-6-5-20(9-22(21)39)33-24-34-25(37-10-15(28)7-16(29)11-37)36-26(35-24)38-12-17(30)8-18(31)13-38/h1-6,9,15-18,39H,7-8,10-13,28-31H2,(H,32,40)(H,33,34,35,36)/t15-,16+,17-,18+. The van der Waals surface area contributed by atoms with Crippen molar-refractivity contribution in [1.82, 2.24) is 15.0 Å². The summed E-state index contributed by atoms with van der Waals surface area (Å²) >= 11 is 0. The molecule has 2 aromatic carbocycles. The van der Waals surface area contributed by atoms with Crippen molar-refractivity contribution in [3.63, 3.8) is 0 Å². The fraction of sp³-hybridized carbons (Fsp3) is 0.385. The molecule has 212 valence electrons. The van der Waals surface area contributed by atoms with Gasteiger partial charge in [0.15, 0.2) is 0 Å². The molecule has 0 aliphatic carbocycles. The molecule has 11 N–H and O–H groups in total. The number of amides is 1. The van der Waals surface area contributed by atoms with Crippen LogP contribution in [0.25, 0.3) is 0 Å². The van der Waals surface area contributed by atoms with Gasteiger partial charge in [-0.1, -0.05) is 0 Å². The van der Waals surface area contributed by atoms with E-state index >= 15 is 0 Å². The smallest absolute Gasteiger partial charge is 0.259 e. The number of nitrogens with two attached hydrogens (primary N) is 4. The van der Waals surface area contributed by atoms with E-state index in [1.165, 1.54) is 36.4 Å². The lowest BCUT2D eigenvalue weighted by molar-refractivity contribution is 0.102. The van der Waals surface area contributed by atoms with Crippen LogP contribution in [0.3, 0.4) is 0 Å². The Hall–Kier alpha value is -4.11. The SMILES string of the molecule is N[C@@H]1C[C@H](N)CN(c2nc(Nc3ccc(C(=O)Nc4ccc(F)cc4)c(O)c3)nc(N3C[C@H](N)C[C@H](N)C3)n2)C1. The van der Waals surface area contributed by atoms with Crippen molar-refractivity contribution in [3.05, 3.63) is 53.8 Å². The Bertz CT molecular complexity index is 1290. The first-order valence-electron chi connectivity index (χ1n) is 13.1. The summed E-state index contributed by atoms with van der Waals surface area (Å²) in [6.07, 6.45) is 1.41. The van der Waals surface area contributed by atoms with Crippen LogP contribution >= 0.6 is 0 Å². The van der Waals surface area contributed by atoms with Gasteiger partial charge >= 0.3 is 0 Å². The van der Waals surface area contributed by atoms with Gasteiger partial charge in [-0.3, -0.25) is 4.79 Å². The number of nitrogens with zero attached hydrogens (tertiary/aromatic N) is 5. The molecule has 0 radical (unpaired) electrons. The van der Waals surface area contributed by atoms with E-state index in [-0.39, 0.29) is 41.4 Å². The zero-order chi connectivity index (χ0) is 28.4. The van der Waals surface area contributed by atoms with Crippen LogP contribution in [0.2, 0.25) is 0 Å². The van der Waals surface area contributed by atoms with Crippen molar-refractivity contribution in [2.75, 3.05) is 46.6 Å². The highest BCUT2D eigenvalue weighted by molar-refractivity contribution is 6.06. The molecule has 0 spiro atoms. The molecule has 2 fully saturated rings. The average Bonchev–Trinajstić information content (AvgIpc) is 2.89. The summed E-state index contributed by atoms with van der Waals surface area (Å²) in [5.41, 5.74) is 25.7. The number of aromatic nitrogens is 3. The number of nitrogens with one attached hydrogen (secondary N) is 2. The van der Waals surface area contributed by atoms with E-state index in [1.807, 2.05) is 9.80 Å². The predicted octanol–water partition coefficient (Wildman–Crippen LogP) is 0.442. The van der Waals surface area contributed by atoms with E-state index in [2.05, 4.69) is 20.6 Å². The lowest BCUT2D eigenvalue weighted by atomic mass is 10.0. The summed E-state index contributed by atoms with van der Waals surface area (Å²) in [7, 11) is 0. The van der Waals surface area contributed by atoms with Gasteiger partial charge in [-0.25, -0.2) is 4.39 Å². The minimum atomic E-state index is -0.545. The van der Waals surface area contributed by atoms with Crippen molar-refractivity contribution in [2.45, 2.75) is 37.0 Å². The van der Waals surface area contributed by atoms with Gasteiger partial charge in [0.05, 0.1) is 5.56 Å². The van der Waals surface area contributed by atoms with Gasteiger partial charge in [-0.05, 0) is 49.2 Å². The molecular weight excluding hydrogens is 517 g/mol. The van der Waals surface area contributed by atoms with E-state index in [0.717, 1.165) is 0 Å². The fourth-order valence-corrected chi connectivity index (χ4v) is 5.04. The number of phenols is 1. The fourth-order valence-electron chi connectivity index (χ4n) is 5.04. The zero-order valence-electron chi connectivity index (χ0n) is 21.9. The Kier molecular flexibility index (Phi) is 7.93. The van der Waals surface area contributed by atoms with Gasteiger partial charge in [0.25, 0.3) is 5.91 Å². The van der Waals surface area contributed by atoms with Gasteiger partial charge in [0.2, 0.25) is 17.8 Å². The number of carbonyl (C=O) groups excluding carboxylic acids is 1. The highest BCUT2D eigenvalue weighted by Gasteiger charge is 2.29. The Morgan fingerprint density at radius 2 is 1.30 bits per heavy atom. The number of benzene rings is 2. The Balaban J connectivity index is 1.40. The molecule has 2 aliphatic rings. The minimum absolute atomic E-state index is 0.0412. The molecule has 1 aromatic heterocycles. The second-order valence-corrected chi connectivity index (χ2v) is 10.4. The molecule has 2 aliphatic heterocycles. The number of halogens is 1. The van der Waals surface area contributed by atoms with Crippen molar-refractivity contribution >= 4 is 35.1 Å². The Morgan fingerprint density at radius 3 is 1.80 bits per heavy atom. The maximum atomic E-state index is 13.2. The van der Waals surface area contributed by atoms with Crippen LogP contribution in [0.1, 0.15) is 23.2 Å². The number of hydrogen-bond acceptors (Lipinski definition) is 12. The second-order valence-electron chi connectivity index (χ2n) is 10.4. The quantitative estimate of drug-likeness (QED) is 0.222. The van der Waals surface area contributed by atoms with E-state index in [9.17, 15) is 14.3 Å². The van der Waals surface area contributed by atoms with Crippen LogP contribution in [0.5, 0.6) is 5.75 Å². The molecule has 3 aromatic rings. The summed E-state index contributed by atoms with van der Waals surface area (Å²) in [5, 5.41) is 16.3. The molecule has 3 heterocycles. The number of rotatable bonds is 6. The first kappa shape index (κ1) is 27.5. The van der Waals surface area contributed by atoms with E-state index in [0.29, 0.717) is 62.3 Å². The molecule has 1 amide bonds. The Morgan fingerprint density at radius 1 is 0.800 bits per heavy atom. The third-order valence-electron chi connectivity index (χ3n) is 6.81. The highest BCUT2D eigenvalue weighted by Crippen LogP contribution is 2.27. The van der Waals surface area contributed by atoms with Crippen LogP contribution in [-0.2, 0) is 0 Å². The molecule has 5 rings (SSSR count). The molecule has 40 heavy (non-hydrogen) atoms. The monoisotopic (exact) mass is 551 g/mol. The van der Waals surface area contributed by atoms with Crippen LogP contribution < -0.4 is 43.4 Å². The van der Waals surface area contributed by atoms with Gasteiger partial charge in [-0.2, -0.15) is 15.0 Å². The predicted molar refractivity (Wildman–Crippen MR) is 151 cm³/mol. The molecule has 4 atom stereocenters. The number of anilines is 5. The van der Waals surface area contributed by atoms with E-state index < -0.39 is 11.7 Å². The third kappa shape index (κ3) is 6.54. The van der Waals surface area contributed by atoms with Gasteiger partial charge < -0.3 is 48.5 Å². The van der Waals surface area contributed by atoms with E-state index in [4.69, 9.17) is 27.9 Å². The molecule has 0 saturated carbocycles. The number of carbonyl (C=O) groups is 1. The van der Waals surface area contributed by atoms with E-state index in [1.54, 1.807) is 6.07 Å². The number of phenolic OH excluding ortho intramolecular Hbond substituents is 1. The van der Waals surface area contributed by atoms with Crippen LogP contribution in [0, 0.1) is 5.82 Å². The lowest BCUT2D eigenvalue weighted by Gasteiger charge is -2.37. The zero-order valence-corrected chi connectivity index (χ0v) is 21.9. The molecule has 0 bridgehead atoms. The van der Waals surface area contributed by atoms with Gasteiger partial charge in [0, 0.05) is 67.8 Å². The van der Waals surface area contributed by atoms with Crippen molar-refractivity contribution in [3.8, 4) is 5.75 Å². The third-order valence-corrected chi connectivity index (χ3v) is 6.81. The van der Waals surface area contributed by atoms with Gasteiger partial charge in [0.1, 0.15) is 11.6 Å². The summed E-state index contributed by atoms with van der Waals surface area (Å²) in [6, 6.07) is 9.30. The topological polar surface area (TPSA) is 211 Å². The highest BCUT2D eigenvalue weighted by atomic mass is 19.1. The summed E-state index contributed by atoms with van der Waals surface area (Å²) in [5.74, 6) is -0.187. The molecule has 13 nitrogen and oxygen atoms in total. The first-order valence-corrected chi connectivity index (χ1v) is 13.1. The molecule has 2 saturated heterocycles. The number of piperidine rings is 2.